The van der Waals surface area contributed by atoms with Crippen molar-refractivity contribution in [2.45, 2.75) is 20.3 Å². The van der Waals surface area contributed by atoms with Gasteiger partial charge < -0.3 is 14.2 Å². The first-order valence-electron chi connectivity index (χ1n) is 10.1. The first-order valence-corrected chi connectivity index (χ1v) is 11.7. The van der Waals surface area contributed by atoms with Crippen molar-refractivity contribution in [3.8, 4) is 17.2 Å². The molecule has 0 saturated carbocycles. The molecule has 5 nitrogen and oxygen atoms in total. The van der Waals surface area contributed by atoms with E-state index in [0.717, 1.165) is 5.56 Å². The highest BCUT2D eigenvalue weighted by molar-refractivity contribution is 8.26. The van der Waals surface area contributed by atoms with Crippen molar-refractivity contribution < 1.29 is 19.0 Å². The first kappa shape index (κ1) is 23.4. The minimum atomic E-state index is -0.0608. The smallest absolute Gasteiger partial charge is 0.266 e. The molecule has 0 aliphatic carbocycles. The molecule has 0 aromatic heterocycles. The van der Waals surface area contributed by atoms with Gasteiger partial charge in [-0.05, 0) is 49.8 Å². The average molecular weight is 478 g/mol. The van der Waals surface area contributed by atoms with Crippen molar-refractivity contribution >= 4 is 51.9 Å². The summed E-state index contributed by atoms with van der Waals surface area (Å²) in [5, 5.41) is 0.591. The fourth-order valence-electron chi connectivity index (χ4n) is 2.91. The summed E-state index contributed by atoms with van der Waals surface area (Å²) in [5.41, 5.74) is 0.856. The predicted octanol–water partition coefficient (Wildman–Crippen LogP) is 5.81. The van der Waals surface area contributed by atoms with Crippen LogP contribution in [-0.2, 0) is 4.79 Å². The van der Waals surface area contributed by atoms with Gasteiger partial charge in [-0.15, -0.1) is 0 Å². The van der Waals surface area contributed by atoms with E-state index in [1.54, 1.807) is 11.0 Å². The van der Waals surface area contributed by atoms with Crippen molar-refractivity contribution in [1.82, 2.24) is 4.90 Å². The molecule has 1 amide bonds. The average Bonchev–Trinajstić information content (AvgIpc) is 3.02. The molecule has 0 unspecified atom stereocenters. The lowest BCUT2D eigenvalue weighted by Crippen LogP contribution is -2.27. The number of benzene rings is 2. The number of carbonyl (C=O) groups is 1. The molecule has 0 spiro atoms. The lowest BCUT2D eigenvalue weighted by molar-refractivity contribution is -0.121. The molecule has 3 rings (SSSR count). The summed E-state index contributed by atoms with van der Waals surface area (Å²) >= 11 is 12.7. The third-order valence-corrected chi connectivity index (χ3v) is 6.09. The SMILES string of the molecule is CCOc1cc(/C=C2/SC(=S)N(CC)C2=O)ccc1OCCCOc1ccccc1Cl. The number of amides is 1. The Morgan fingerprint density at radius 2 is 1.77 bits per heavy atom. The van der Waals surface area contributed by atoms with Gasteiger partial charge in [0.1, 0.15) is 10.1 Å². The number of thioether (sulfide) groups is 1. The Morgan fingerprint density at radius 1 is 1.03 bits per heavy atom. The van der Waals surface area contributed by atoms with Gasteiger partial charge >= 0.3 is 0 Å². The normalized spacial score (nSPS) is 14.9. The summed E-state index contributed by atoms with van der Waals surface area (Å²) in [4.78, 5) is 14.6. The van der Waals surface area contributed by atoms with E-state index < -0.39 is 0 Å². The van der Waals surface area contributed by atoms with Gasteiger partial charge in [-0.1, -0.05) is 53.8 Å². The Bertz CT molecular complexity index is 980. The molecule has 1 aliphatic rings. The summed E-state index contributed by atoms with van der Waals surface area (Å²) in [7, 11) is 0. The third-order valence-electron chi connectivity index (χ3n) is 4.40. The topological polar surface area (TPSA) is 48.0 Å². The minimum Gasteiger partial charge on any atom is -0.492 e. The van der Waals surface area contributed by atoms with Crippen molar-refractivity contribution in [3.05, 3.63) is 58.0 Å². The summed E-state index contributed by atoms with van der Waals surface area (Å²) in [6.07, 6.45) is 2.52. The van der Waals surface area contributed by atoms with Crippen LogP contribution in [0.25, 0.3) is 6.08 Å². The maximum absolute atomic E-state index is 12.4. The number of para-hydroxylation sites is 1. The number of carbonyl (C=O) groups excluding carboxylic acids is 1. The quantitative estimate of drug-likeness (QED) is 0.244. The Balaban J connectivity index is 1.60. The van der Waals surface area contributed by atoms with Crippen molar-refractivity contribution in [1.29, 1.82) is 0 Å². The maximum Gasteiger partial charge on any atom is 0.266 e. The van der Waals surface area contributed by atoms with E-state index in [4.69, 9.17) is 38.0 Å². The van der Waals surface area contributed by atoms with Gasteiger partial charge in [0.2, 0.25) is 0 Å². The monoisotopic (exact) mass is 477 g/mol. The van der Waals surface area contributed by atoms with Crippen LogP contribution in [0.1, 0.15) is 25.8 Å². The van der Waals surface area contributed by atoms with Gasteiger partial charge in [-0.25, -0.2) is 0 Å². The Morgan fingerprint density at radius 3 is 2.45 bits per heavy atom. The minimum absolute atomic E-state index is 0.0608. The van der Waals surface area contributed by atoms with Crippen LogP contribution in [0.4, 0.5) is 0 Å². The van der Waals surface area contributed by atoms with E-state index in [2.05, 4.69) is 0 Å². The van der Waals surface area contributed by atoms with Crippen LogP contribution in [0, 0.1) is 0 Å². The summed E-state index contributed by atoms with van der Waals surface area (Å²) < 4.78 is 17.9. The fourth-order valence-corrected chi connectivity index (χ4v) is 4.49. The van der Waals surface area contributed by atoms with Gasteiger partial charge in [-0.2, -0.15) is 0 Å². The number of ether oxygens (including phenoxy) is 3. The van der Waals surface area contributed by atoms with Crippen molar-refractivity contribution in [3.63, 3.8) is 0 Å². The van der Waals surface area contributed by atoms with Crippen molar-refractivity contribution in [2.24, 2.45) is 0 Å². The summed E-state index contributed by atoms with van der Waals surface area (Å²) in [5.74, 6) is 1.89. The van der Waals surface area contributed by atoms with E-state index in [1.165, 1.54) is 11.8 Å². The number of likely N-dealkylation sites (N-methyl/N-ethyl adjacent to an activating group) is 1. The number of rotatable bonds is 10. The number of hydrogen-bond acceptors (Lipinski definition) is 6. The third kappa shape index (κ3) is 6.15. The number of thiocarbonyl (C=S) groups is 1. The van der Waals surface area contributed by atoms with Gasteiger partial charge in [0.05, 0.1) is 29.7 Å². The summed E-state index contributed by atoms with van der Waals surface area (Å²) in [6, 6.07) is 13.0. The second kappa shape index (κ2) is 11.4. The van der Waals surface area contributed by atoms with Gasteiger partial charge in [0.15, 0.2) is 11.5 Å². The van der Waals surface area contributed by atoms with Crippen LogP contribution in [0.2, 0.25) is 5.02 Å². The van der Waals surface area contributed by atoms with E-state index >= 15 is 0 Å². The molecular weight excluding hydrogens is 454 g/mol. The molecule has 1 aliphatic heterocycles. The Kier molecular flexibility index (Phi) is 8.63. The molecule has 0 radical (unpaired) electrons. The van der Waals surface area contributed by atoms with E-state index in [9.17, 15) is 4.79 Å². The van der Waals surface area contributed by atoms with Crippen LogP contribution < -0.4 is 14.2 Å². The van der Waals surface area contributed by atoms with E-state index in [-0.39, 0.29) is 5.91 Å². The zero-order chi connectivity index (χ0) is 22.2. The Labute approximate surface area is 197 Å². The van der Waals surface area contributed by atoms with Crippen LogP contribution in [0.3, 0.4) is 0 Å². The highest BCUT2D eigenvalue weighted by atomic mass is 35.5. The zero-order valence-electron chi connectivity index (χ0n) is 17.4. The lowest BCUT2D eigenvalue weighted by atomic mass is 10.2. The molecule has 2 aromatic carbocycles. The van der Waals surface area contributed by atoms with Gasteiger partial charge in [-0.3, -0.25) is 9.69 Å². The molecule has 1 heterocycles. The molecule has 0 bridgehead atoms. The van der Waals surface area contributed by atoms with Crippen LogP contribution in [0.15, 0.2) is 47.4 Å². The number of halogens is 1. The standard InChI is InChI=1S/C23H24ClNO4S2/c1-3-25-22(26)21(31-23(25)30)15-16-10-11-19(20(14-16)27-4-2)29-13-7-12-28-18-9-6-5-8-17(18)24/h5-6,8-11,14-15H,3-4,7,12-13H2,1-2H3/b21-15+. The van der Waals surface area contributed by atoms with Gasteiger partial charge in [0, 0.05) is 13.0 Å². The molecule has 0 N–H and O–H groups in total. The number of hydrogen-bond donors (Lipinski definition) is 0. The second-order valence-electron chi connectivity index (χ2n) is 6.55. The molecule has 8 heteroatoms. The molecule has 164 valence electrons. The predicted molar refractivity (Wildman–Crippen MR) is 130 cm³/mol. The maximum atomic E-state index is 12.4. The second-order valence-corrected chi connectivity index (χ2v) is 8.63. The molecule has 2 aromatic rings. The summed E-state index contributed by atoms with van der Waals surface area (Å²) in [6.45, 7) is 5.86. The first-order chi connectivity index (χ1) is 15.0. The lowest BCUT2D eigenvalue weighted by Gasteiger charge is -2.13. The fraction of sp³-hybridized carbons (Fsp3) is 0.304. The van der Waals surface area contributed by atoms with Crippen LogP contribution in [-0.4, -0.2) is 41.5 Å². The highest BCUT2D eigenvalue weighted by Crippen LogP contribution is 2.34. The molecule has 0 atom stereocenters. The largest absolute Gasteiger partial charge is 0.492 e. The van der Waals surface area contributed by atoms with E-state index in [0.29, 0.717) is 64.3 Å². The van der Waals surface area contributed by atoms with Crippen LogP contribution >= 0.6 is 35.6 Å². The highest BCUT2D eigenvalue weighted by Gasteiger charge is 2.30. The molecular formula is C23H24ClNO4S2. The van der Waals surface area contributed by atoms with Crippen molar-refractivity contribution in [2.75, 3.05) is 26.4 Å². The Hall–Kier alpha value is -2.22. The molecule has 1 saturated heterocycles. The zero-order valence-corrected chi connectivity index (χ0v) is 19.8. The van der Waals surface area contributed by atoms with Gasteiger partial charge in [0.25, 0.3) is 5.91 Å². The molecule has 31 heavy (non-hydrogen) atoms. The number of nitrogens with zero attached hydrogens (tertiary/aromatic N) is 1. The molecule has 1 fully saturated rings. The van der Waals surface area contributed by atoms with Crippen LogP contribution in [0.5, 0.6) is 17.2 Å². The van der Waals surface area contributed by atoms with E-state index in [1.807, 2.05) is 56.3 Å².